The van der Waals surface area contributed by atoms with Gasteiger partial charge in [0, 0.05) is 22.8 Å². The van der Waals surface area contributed by atoms with E-state index in [0.717, 1.165) is 62.8 Å². The molecule has 0 aliphatic rings. The number of hydrogen-bond donors (Lipinski definition) is 3. The first-order chi connectivity index (χ1) is 14.5. The van der Waals surface area contributed by atoms with Crippen LogP contribution in [0, 0.1) is 0 Å². The van der Waals surface area contributed by atoms with Crippen LogP contribution in [-0.4, -0.2) is 28.5 Å². The van der Waals surface area contributed by atoms with Crippen LogP contribution >= 0.6 is 0 Å². The van der Waals surface area contributed by atoms with Gasteiger partial charge in [0.05, 0.1) is 12.5 Å². The van der Waals surface area contributed by atoms with E-state index in [4.69, 9.17) is 10.5 Å². The molecule has 6 nitrogen and oxygen atoms in total. The molecule has 0 spiro atoms. The van der Waals surface area contributed by atoms with Crippen LogP contribution in [-0.2, 0) is 27.2 Å². The summed E-state index contributed by atoms with van der Waals surface area (Å²) in [5, 5.41) is 0. The number of amides is 1. The highest BCUT2D eigenvalue weighted by atomic mass is 16.5. The molecule has 2 atom stereocenters. The van der Waals surface area contributed by atoms with Crippen LogP contribution in [0.5, 0.6) is 0 Å². The molecule has 0 radical (unpaired) electrons. The fraction of sp³-hybridized carbons (Fsp3) is 0.583. The van der Waals surface area contributed by atoms with Gasteiger partial charge in [-0.1, -0.05) is 39.5 Å². The Morgan fingerprint density at radius 2 is 1.33 bits per heavy atom. The third-order valence-electron chi connectivity index (χ3n) is 5.49. The Labute approximate surface area is 180 Å². The van der Waals surface area contributed by atoms with Gasteiger partial charge in [-0.05, 0) is 56.9 Å². The summed E-state index contributed by atoms with van der Waals surface area (Å²) >= 11 is 0. The lowest BCUT2D eigenvalue weighted by atomic mass is 9.86. The van der Waals surface area contributed by atoms with Gasteiger partial charge in [0.1, 0.15) is 5.92 Å². The van der Waals surface area contributed by atoms with E-state index in [1.54, 1.807) is 6.92 Å². The first kappa shape index (κ1) is 23.8. The summed E-state index contributed by atoms with van der Waals surface area (Å²) in [6.07, 6.45) is 8.59. The number of unbranched alkanes of at least 4 members (excludes halogenated alkanes) is 4. The van der Waals surface area contributed by atoms with Gasteiger partial charge in [-0.2, -0.15) is 0 Å². The lowest BCUT2D eigenvalue weighted by molar-refractivity contribution is -0.147. The molecule has 0 saturated carbocycles. The molecule has 1 amide bonds. The largest absolute Gasteiger partial charge is 0.465 e. The highest BCUT2D eigenvalue weighted by Crippen LogP contribution is 2.34. The quantitative estimate of drug-likeness (QED) is 0.307. The molecule has 2 heterocycles. The number of nitrogens with two attached hydrogens (primary N) is 1. The third kappa shape index (κ3) is 6.51. The van der Waals surface area contributed by atoms with Crippen molar-refractivity contribution in [3.8, 4) is 0 Å². The second kappa shape index (κ2) is 12.3. The van der Waals surface area contributed by atoms with E-state index in [-0.39, 0.29) is 6.61 Å². The molecule has 0 saturated heterocycles. The number of nitrogens with one attached hydrogen (secondary N) is 2. The van der Waals surface area contributed by atoms with Crippen molar-refractivity contribution in [1.29, 1.82) is 0 Å². The van der Waals surface area contributed by atoms with Crippen LogP contribution in [0.25, 0.3) is 0 Å². The second-order valence-corrected chi connectivity index (χ2v) is 7.90. The van der Waals surface area contributed by atoms with Crippen LogP contribution in [0.1, 0.15) is 93.9 Å². The number of aromatic nitrogens is 2. The molecule has 6 heteroatoms. The number of H-pyrrole nitrogens is 2. The van der Waals surface area contributed by atoms with Crippen molar-refractivity contribution in [3.63, 3.8) is 0 Å². The molecule has 0 aliphatic carbocycles. The van der Waals surface area contributed by atoms with E-state index in [0.29, 0.717) is 11.4 Å². The highest BCUT2D eigenvalue weighted by molar-refractivity contribution is 5.91. The molecule has 0 fully saturated rings. The monoisotopic (exact) mass is 415 g/mol. The van der Waals surface area contributed by atoms with Crippen LogP contribution < -0.4 is 5.73 Å². The maximum Gasteiger partial charge on any atom is 0.316 e. The van der Waals surface area contributed by atoms with E-state index in [2.05, 4.69) is 23.8 Å². The standard InChI is InChI=1S/C24H37N3O3/c1-4-7-9-11-17-13-15-19(26-17)21(23(25)28)22(24(29)30-6-3)20-16-14-18(27-20)12-10-8-5-2/h13-16,21-22,26-27H,4-12H2,1-3H3,(H2,25,28). The van der Waals surface area contributed by atoms with E-state index in [1.807, 2.05) is 24.3 Å². The van der Waals surface area contributed by atoms with Crippen molar-refractivity contribution in [2.75, 3.05) is 6.61 Å². The number of aromatic amines is 2. The van der Waals surface area contributed by atoms with Crippen LogP contribution in [0.3, 0.4) is 0 Å². The number of aryl methyl sites for hydroxylation is 2. The second-order valence-electron chi connectivity index (χ2n) is 7.90. The lowest BCUT2D eigenvalue weighted by Crippen LogP contribution is -2.33. The Hall–Kier alpha value is -2.50. The number of primary amides is 1. The van der Waals surface area contributed by atoms with Gasteiger partial charge >= 0.3 is 5.97 Å². The molecule has 0 bridgehead atoms. The summed E-state index contributed by atoms with van der Waals surface area (Å²) in [5.41, 5.74) is 9.24. The van der Waals surface area contributed by atoms with Crippen molar-refractivity contribution in [2.45, 2.75) is 84.0 Å². The number of esters is 1. The fourth-order valence-electron chi connectivity index (χ4n) is 3.88. The summed E-state index contributed by atoms with van der Waals surface area (Å²) in [5.74, 6) is -2.60. The average molecular weight is 416 g/mol. The molecule has 4 N–H and O–H groups in total. The molecule has 2 rings (SSSR count). The van der Waals surface area contributed by atoms with Crippen molar-refractivity contribution in [1.82, 2.24) is 9.97 Å². The highest BCUT2D eigenvalue weighted by Gasteiger charge is 2.38. The van der Waals surface area contributed by atoms with Crippen molar-refractivity contribution in [2.24, 2.45) is 5.73 Å². The predicted octanol–water partition coefficient (Wildman–Crippen LogP) is 4.72. The summed E-state index contributed by atoms with van der Waals surface area (Å²) in [4.78, 5) is 32.0. The molecule has 166 valence electrons. The van der Waals surface area contributed by atoms with Gasteiger partial charge in [0.25, 0.3) is 0 Å². The molecule has 0 aromatic carbocycles. The normalized spacial score (nSPS) is 13.2. The SMILES string of the molecule is CCCCCc1ccc(C(C(N)=O)C(C(=O)OCC)c2ccc(CCCCC)[nH]2)[nH]1. The zero-order valence-corrected chi connectivity index (χ0v) is 18.6. The van der Waals surface area contributed by atoms with Gasteiger partial charge in [0.2, 0.25) is 5.91 Å². The molecular formula is C24H37N3O3. The first-order valence-electron chi connectivity index (χ1n) is 11.3. The minimum Gasteiger partial charge on any atom is -0.465 e. The predicted molar refractivity (Wildman–Crippen MR) is 119 cm³/mol. The van der Waals surface area contributed by atoms with Gasteiger partial charge in [-0.15, -0.1) is 0 Å². The van der Waals surface area contributed by atoms with E-state index >= 15 is 0 Å². The Morgan fingerprint density at radius 1 is 0.833 bits per heavy atom. The number of carbonyl (C=O) groups is 2. The maximum atomic E-state index is 12.9. The molecule has 2 aromatic heterocycles. The number of hydrogen-bond acceptors (Lipinski definition) is 3. The van der Waals surface area contributed by atoms with Crippen molar-refractivity contribution >= 4 is 11.9 Å². The summed E-state index contributed by atoms with van der Waals surface area (Å²) in [7, 11) is 0. The summed E-state index contributed by atoms with van der Waals surface area (Å²) < 4.78 is 5.32. The molecule has 30 heavy (non-hydrogen) atoms. The Morgan fingerprint density at radius 3 is 1.77 bits per heavy atom. The minimum absolute atomic E-state index is 0.248. The number of carbonyl (C=O) groups excluding carboxylic acids is 2. The Bertz CT molecular complexity index is 793. The van der Waals surface area contributed by atoms with E-state index < -0.39 is 23.7 Å². The molecule has 2 aromatic rings. The summed E-state index contributed by atoms with van der Waals surface area (Å²) in [6, 6.07) is 7.71. The molecule has 0 aliphatic heterocycles. The summed E-state index contributed by atoms with van der Waals surface area (Å²) in [6.45, 7) is 6.35. The number of ether oxygens (including phenoxy) is 1. The van der Waals surface area contributed by atoms with Crippen LogP contribution in [0.4, 0.5) is 0 Å². The molecule has 2 unspecified atom stereocenters. The van der Waals surface area contributed by atoms with Crippen LogP contribution in [0.15, 0.2) is 24.3 Å². The minimum atomic E-state index is -0.814. The zero-order valence-electron chi connectivity index (χ0n) is 18.6. The zero-order chi connectivity index (χ0) is 21.9. The van der Waals surface area contributed by atoms with Crippen molar-refractivity contribution in [3.05, 3.63) is 47.0 Å². The lowest BCUT2D eigenvalue weighted by Gasteiger charge is -2.22. The molecular weight excluding hydrogens is 378 g/mol. The fourth-order valence-corrected chi connectivity index (χ4v) is 3.88. The van der Waals surface area contributed by atoms with Crippen LogP contribution in [0.2, 0.25) is 0 Å². The maximum absolute atomic E-state index is 12.9. The van der Waals surface area contributed by atoms with E-state index in [1.165, 1.54) is 0 Å². The van der Waals surface area contributed by atoms with Gasteiger partial charge in [-0.3, -0.25) is 9.59 Å². The van der Waals surface area contributed by atoms with Gasteiger partial charge < -0.3 is 20.4 Å². The number of rotatable bonds is 14. The topological polar surface area (TPSA) is 101 Å². The van der Waals surface area contributed by atoms with Crippen molar-refractivity contribution < 1.29 is 14.3 Å². The first-order valence-corrected chi connectivity index (χ1v) is 11.3. The Kier molecular flexibility index (Phi) is 9.71. The smallest absolute Gasteiger partial charge is 0.316 e. The van der Waals surface area contributed by atoms with Gasteiger partial charge in [-0.25, -0.2) is 0 Å². The van der Waals surface area contributed by atoms with Gasteiger partial charge in [0.15, 0.2) is 0 Å². The average Bonchev–Trinajstić information content (AvgIpc) is 3.36. The van der Waals surface area contributed by atoms with E-state index in [9.17, 15) is 9.59 Å². The third-order valence-corrected chi connectivity index (χ3v) is 5.49. The Balaban J connectivity index is 2.30.